The second-order valence-electron chi connectivity index (χ2n) is 6.57. The van der Waals surface area contributed by atoms with E-state index in [1.165, 1.54) is 42.8 Å². The zero-order valence-electron chi connectivity index (χ0n) is 13.2. The molecule has 1 unspecified atom stereocenters. The van der Waals surface area contributed by atoms with Crippen molar-refractivity contribution in [1.29, 1.82) is 0 Å². The number of hydrogen-bond donors (Lipinski definition) is 1. The number of aryl methyl sites for hydroxylation is 1. The van der Waals surface area contributed by atoms with Gasteiger partial charge in [0, 0.05) is 19.1 Å². The molecule has 1 fully saturated rings. The zero-order chi connectivity index (χ0) is 14.8. The minimum Gasteiger partial charge on any atom is -0.363 e. The Kier molecular flexibility index (Phi) is 4.53. The SMILES string of the molecule is CCC(C)NC(=O)c1cc2c(s1)N(CC1CC1)CCCC2. The van der Waals surface area contributed by atoms with Crippen molar-refractivity contribution in [2.45, 2.75) is 58.4 Å². The van der Waals surface area contributed by atoms with E-state index in [-0.39, 0.29) is 11.9 Å². The maximum Gasteiger partial charge on any atom is 0.261 e. The number of nitrogens with one attached hydrogen (secondary N) is 1. The van der Waals surface area contributed by atoms with Gasteiger partial charge < -0.3 is 10.2 Å². The van der Waals surface area contributed by atoms with Crippen molar-refractivity contribution in [2.24, 2.45) is 5.92 Å². The molecule has 3 rings (SSSR count). The third kappa shape index (κ3) is 3.60. The Morgan fingerprint density at radius 2 is 2.29 bits per heavy atom. The number of rotatable bonds is 5. The Morgan fingerprint density at radius 1 is 1.48 bits per heavy atom. The second-order valence-corrected chi connectivity index (χ2v) is 7.60. The van der Waals surface area contributed by atoms with Gasteiger partial charge in [-0.3, -0.25) is 4.79 Å². The lowest BCUT2D eigenvalue weighted by molar-refractivity contribution is 0.0943. The highest BCUT2D eigenvalue weighted by atomic mass is 32.1. The standard InChI is InChI=1S/C17H26N2OS/c1-3-12(2)18-16(20)15-10-14-6-4-5-9-19(17(14)21-15)11-13-7-8-13/h10,12-13H,3-9,11H2,1-2H3,(H,18,20). The molecule has 0 bridgehead atoms. The summed E-state index contributed by atoms with van der Waals surface area (Å²) in [7, 11) is 0. The van der Waals surface area contributed by atoms with Gasteiger partial charge in [0.2, 0.25) is 0 Å². The van der Waals surface area contributed by atoms with Crippen LogP contribution >= 0.6 is 11.3 Å². The number of anilines is 1. The summed E-state index contributed by atoms with van der Waals surface area (Å²) < 4.78 is 0. The van der Waals surface area contributed by atoms with Crippen LogP contribution in [0.15, 0.2) is 6.07 Å². The van der Waals surface area contributed by atoms with Crippen molar-refractivity contribution in [1.82, 2.24) is 5.32 Å². The Hall–Kier alpha value is -1.03. The minimum atomic E-state index is 0.105. The molecule has 4 heteroatoms. The molecule has 1 aromatic heterocycles. The molecule has 1 aliphatic carbocycles. The number of nitrogens with zero attached hydrogens (tertiary/aromatic N) is 1. The van der Waals surface area contributed by atoms with Crippen LogP contribution in [-0.2, 0) is 6.42 Å². The van der Waals surface area contributed by atoms with Crippen LogP contribution in [0.4, 0.5) is 5.00 Å². The fourth-order valence-corrected chi connectivity index (χ4v) is 4.03. The van der Waals surface area contributed by atoms with Crippen molar-refractivity contribution >= 4 is 22.2 Å². The van der Waals surface area contributed by atoms with Crippen LogP contribution in [-0.4, -0.2) is 25.0 Å². The summed E-state index contributed by atoms with van der Waals surface area (Å²) in [6.45, 7) is 6.53. The molecule has 2 heterocycles. The third-order valence-electron chi connectivity index (χ3n) is 4.59. The van der Waals surface area contributed by atoms with Crippen LogP contribution in [0.25, 0.3) is 0 Å². The predicted molar refractivity (Wildman–Crippen MR) is 89.4 cm³/mol. The van der Waals surface area contributed by atoms with E-state index in [1.54, 1.807) is 11.3 Å². The molecule has 1 atom stereocenters. The molecule has 116 valence electrons. The van der Waals surface area contributed by atoms with Gasteiger partial charge in [-0.1, -0.05) is 6.92 Å². The Morgan fingerprint density at radius 3 is 3.00 bits per heavy atom. The molecule has 3 nitrogen and oxygen atoms in total. The Balaban J connectivity index is 1.77. The summed E-state index contributed by atoms with van der Waals surface area (Å²) >= 11 is 1.70. The van der Waals surface area contributed by atoms with Gasteiger partial charge in [-0.05, 0) is 63.0 Å². The first-order valence-corrected chi connectivity index (χ1v) is 9.17. The summed E-state index contributed by atoms with van der Waals surface area (Å²) in [5, 5.41) is 4.46. The molecule has 0 saturated heterocycles. The average molecular weight is 306 g/mol. The highest BCUT2D eigenvalue weighted by Gasteiger charge is 2.28. The number of amides is 1. The van der Waals surface area contributed by atoms with E-state index in [0.29, 0.717) is 0 Å². The number of fused-ring (bicyclic) bond motifs is 1. The molecule has 21 heavy (non-hydrogen) atoms. The van der Waals surface area contributed by atoms with Gasteiger partial charge in [0.15, 0.2) is 0 Å². The monoisotopic (exact) mass is 306 g/mol. The smallest absolute Gasteiger partial charge is 0.261 e. The van der Waals surface area contributed by atoms with Crippen LogP contribution in [0.2, 0.25) is 0 Å². The predicted octanol–water partition coefficient (Wildman–Crippen LogP) is 3.83. The van der Waals surface area contributed by atoms with Crippen molar-refractivity contribution in [3.8, 4) is 0 Å². The van der Waals surface area contributed by atoms with Crippen molar-refractivity contribution in [3.63, 3.8) is 0 Å². The summed E-state index contributed by atoms with van der Waals surface area (Å²) in [4.78, 5) is 15.8. The lowest BCUT2D eigenvalue weighted by Crippen LogP contribution is -2.31. The lowest BCUT2D eigenvalue weighted by Gasteiger charge is -2.22. The zero-order valence-corrected chi connectivity index (χ0v) is 14.0. The summed E-state index contributed by atoms with van der Waals surface area (Å²) in [6, 6.07) is 2.39. The average Bonchev–Trinajstić information content (AvgIpc) is 3.23. The van der Waals surface area contributed by atoms with Crippen LogP contribution in [0.3, 0.4) is 0 Å². The van der Waals surface area contributed by atoms with E-state index in [0.717, 1.165) is 30.2 Å². The summed E-state index contributed by atoms with van der Waals surface area (Å²) in [5.41, 5.74) is 1.40. The van der Waals surface area contributed by atoms with Gasteiger partial charge in [0.1, 0.15) is 0 Å². The van der Waals surface area contributed by atoms with E-state index >= 15 is 0 Å². The molecule has 1 aliphatic heterocycles. The molecule has 1 amide bonds. The van der Waals surface area contributed by atoms with Crippen LogP contribution in [0.5, 0.6) is 0 Å². The normalized spacial score (nSPS) is 19.8. The summed E-state index contributed by atoms with van der Waals surface area (Å²) in [5.74, 6) is 1.00. The van der Waals surface area contributed by atoms with E-state index in [1.807, 2.05) is 0 Å². The molecule has 1 N–H and O–H groups in total. The molecular weight excluding hydrogens is 280 g/mol. The fourth-order valence-electron chi connectivity index (χ4n) is 2.88. The van der Waals surface area contributed by atoms with Gasteiger partial charge in [-0.25, -0.2) is 0 Å². The second kappa shape index (κ2) is 6.39. The number of carbonyl (C=O) groups excluding carboxylic acids is 1. The molecule has 0 radical (unpaired) electrons. The van der Waals surface area contributed by atoms with E-state index in [9.17, 15) is 4.79 Å². The van der Waals surface area contributed by atoms with Gasteiger partial charge in [-0.2, -0.15) is 0 Å². The Labute approximate surface area is 131 Å². The van der Waals surface area contributed by atoms with Crippen molar-refractivity contribution < 1.29 is 4.79 Å². The topological polar surface area (TPSA) is 32.3 Å². The fraction of sp³-hybridized carbons (Fsp3) is 0.706. The maximum atomic E-state index is 12.3. The Bertz CT molecular complexity index is 507. The first-order valence-electron chi connectivity index (χ1n) is 8.36. The molecule has 2 aliphatic rings. The third-order valence-corrected chi connectivity index (χ3v) is 5.82. The van der Waals surface area contributed by atoms with Crippen LogP contribution < -0.4 is 10.2 Å². The van der Waals surface area contributed by atoms with Crippen LogP contribution in [0, 0.1) is 5.92 Å². The minimum absolute atomic E-state index is 0.105. The molecule has 0 spiro atoms. The number of thiophene rings is 1. The van der Waals surface area contributed by atoms with E-state index in [2.05, 4.69) is 30.1 Å². The quantitative estimate of drug-likeness (QED) is 0.896. The molecule has 1 saturated carbocycles. The van der Waals surface area contributed by atoms with Gasteiger partial charge in [0.25, 0.3) is 5.91 Å². The molecule has 1 aromatic rings. The molecule has 0 aromatic carbocycles. The van der Waals surface area contributed by atoms with Crippen LogP contribution in [0.1, 0.15) is 61.2 Å². The van der Waals surface area contributed by atoms with Gasteiger partial charge in [0.05, 0.1) is 9.88 Å². The first-order chi connectivity index (χ1) is 10.2. The van der Waals surface area contributed by atoms with Crippen molar-refractivity contribution in [3.05, 3.63) is 16.5 Å². The van der Waals surface area contributed by atoms with E-state index in [4.69, 9.17) is 0 Å². The molecular formula is C17H26N2OS. The first kappa shape index (κ1) is 14.9. The van der Waals surface area contributed by atoms with Crippen molar-refractivity contribution in [2.75, 3.05) is 18.0 Å². The highest BCUT2D eigenvalue weighted by Crippen LogP contribution is 2.38. The van der Waals surface area contributed by atoms with E-state index < -0.39 is 0 Å². The maximum absolute atomic E-state index is 12.3. The number of hydrogen-bond acceptors (Lipinski definition) is 3. The highest BCUT2D eigenvalue weighted by molar-refractivity contribution is 7.18. The lowest BCUT2D eigenvalue weighted by atomic mass is 10.1. The summed E-state index contributed by atoms with van der Waals surface area (Å²) in [6.07, 6.45) is 7.41. The largest absolute Gasteiger partial charge is 0.363 e. The van der Waals surface area contributed by atoms with Gasteiger partial charge in [-0.15, -0.1) is 11.3 Å². The van der Waals surface area contributed by atoms with Gasteiger partial charge >= 0.3 is 0 Å². The number of carbonyl (C=O) groups is 1.